The van der Waals surface area contributed by atoms with Crippen LogP contribution in [0.4, 0.5) is 91.0 Å². The van der Waals surface area contributed by atoms with Crippen molar-refractivity contribution in [1.29, 1.82) is 0 Å². The van der Waals surface area contributed by atoms with Gasteiger partial charge in [-0.05, 0) is 185 Å². The summed E-state index contributed by atoms with van der Waals surface area (Å²) in [5.74, 6) is 2.47. The number of benzene rings is 11. The number of hydrogen-bond donors (Lipinski definition) is 0. The molecule has 11 aromatic carbocycles. The zero-order chi connectivity index (χ0) is 81.6. The van der Waals surface area contributed by atoms with Crippen molar-refractivity contribution < 1.29 is 22.1 Å². The molecule has 0 amide bonds. The zero-order valence-corrected chi connectivity index (χ0v) is 68.0. The molecule has 0 atom stereocenters. The average Bonchev–Trinajstić information content (AvgIpc) is 1.56. The van der Waals surface area contributed by atoms with Gasteiger partial charge in [0, 0.05) is 78.9 Å². The summed E-state index contributed by atoms with van der Waals surface area (Å²) in [6, 6.07) is 115. The number of rotatable bonds is 4. The van der Waals surface area contributed by atoms with Gasteiger partial charge in [0.25, 0.3) is 0 Å². The summed E-state index contributed by atoms with van der Waals surface area (Å²) in [5, 5.41) is 9.30. The minimum Gasteiger partial charge on any atom is -0.461 e. The Bertz CT molecular complexity index is 7900. The molecule has 19 heterocycles. The summed E-state index contributed by atoms with van der Waals surface area (Å²) in [6.45, 7) is -0.116. The molecule has 0 saturated heterocycles. The van der Waals surface area contributed by atoms with E-state index in [4.69, 9.17) is 37.0 Å². The fraction of sp³-hybridized carbons (Fsp3) is 0. The minimum atomic E-state index is -0.102. The third kappa shape index (κ3) is 10.1. The third-order valence-electron chi connectivity index (χ3n) is 25.5. The Kier molecular flexibility index (Phi) is 15.2. The van der Waals surface area contributed by atoms with Crippen LogP contribution in [0.2, 0.25) is 0 Å². The van der Waals surface area contributed by atoms with Gasteiger partial charge in [-0.1, -0.05) is 170 Å². The Balaban J connectivity index is 0.0000000872. The molecule has 0 fully saturated rings. The first kappa shape index (κ1) is 69.8. The van der Waals surface area contributed by atoms with Gasteiger partial charge in [-0.25, -0.2) is 0 Å². The molecular formula is C102H62B4N12O5S2. The Morgan fingerprint density at radius 2 is 0.632 bits per heavy atom. The summed E-state index contributed by atoms with van der Waals surface area (Å²) >= 11 is 3.62. The van der Waals surface area contributed by atoms with Crippen LogP contribution in [0.3, 0.4) is 0 Å². The molecule has 23 heteroatoms. The van der Waals surface area contributed by atoms with Gasteiger partial charge >= 0.3 is 27.9 Å². The lowest BCUT2D eigenvalue weighted by molar-refractivity contribution is 0.580. The van der Waals surface area contributed by atoms with Gasteiger partial charge < -0.3 is 60.6 Å². The SMILES string of the molecule is c1ccc(N2B3c4cccnc4-c4occc4N3c3ccccc32)cc1.c1cnc2c(c1)B1N(c3ccc4oc5ccccc5c4c3)c3ccccc3N1c1ccsc1-2.c1cnc2c(c1)B1N(c3ccccc3N1c1cccc3c1oc1ccccc13)c1ccoc1-2.c1cnc2c(c1)B1N(c3ccccc3N1c1cccc3c1sc1ccccc13)c1ccoc1-2. The van der Waals surface area contributed by atoms with Gasteiger partial charge in [-0.2, -0.15) is 0 Å². The fourth-order valence-corrected chi connectivity index (χ4v) is 22.6. The van der Waals surface area contributed by atoms with Crippen LogP contribution in [0.1, 0.15) is 0 Å². The topological polar surface area (TPSA) is 143 Å². The van der Waals surface area contributed by atoms with E-state index in [0.717, 1.165) is 146 Å². The number of nitrogens with zero attached hydrogens (tertiary/aromatic N) is 12. The van der Waals surface area contributed by atoms with Gasteiger partial charge in [0.1, 0.15) is 33.8 Å². The van der Waals surface area contributed by atoms with E-state index in [9.17, 15) is 0 Å². The van der Waals surface area contributed by atoms with Crippen LogP contribution in [-0.2, 0) is 0 Å². The summed E-state index contributed by atoms with van der Waals surface area (Å²) in [7, 11) is 0. The molecule has 584 valence electrons. The molecule has 0 spiro atoms. The second kappa shape index (κ2) is 27.3. The van der Waals surface area contributed by atoms with Crippen molar-refractivity contribution in [2.45, 2.75) is 0 Å². The minimum absolute atomic E-state index is 0.00353. The number of fused-ring (bicyclic) bond motifs is 41. The highest BCUT2D eigenvalue weighted by atomic mass is 32.1. The van der Waals surface area contributed by atoms with E-state index in [-0.39, 0.29) is 27.9 Å². The van der Waals surface area contributed by atoms with Gasteiger partial charge in [0.2, 0.25) is 0 Å². The van der Waals surface area contributed by atoms with Crippen LogP contribution < -0.4 is 60.3 Å². The molecule has 8 aliphatic heterocycles. The molecule has 0 aliphatic carbocycles. The highest BCUT2D eigenvalue weighted by Gasteiger charge is 2.54. The molecule has 30 rings (SSSR count). The van der Waals surface area contributed by atoms with Crippen LogP contribution in [-0.4, -0.2) is 47.9 Å². The predicted molar refractivity (Wildman–Crippen MR) is 511 cm³/mol. The normalized spacial score (nSPS) is 13.9. The molecule has 0 N–H and O–H groups in total. The van der Waals surface area contributed by atoms with Gasteiger partial charge in [0.05, 0.1) is 108 Å². The van der Waals surface area contributed by atoms with Crippen molar-refractivity contribution in [3.05, 3.63) is 377 Å². The number of thiophene rings is 2. The quantitative estimate of drug-likeness (QED) is 0.154. The predicted octanol–water partition coefficient (Wildman–Crippen LogP) is 24.0. The molecule has 125 heavy (non-hydrogen) atoms. The number of aromatic nitrogens is 4. The molecule has 0 unspecified atom stereocenters. The lowest BCUT2D eigenvalue weighted by atomic mass is 9.61. The fourth-order valence-electron chi connectivity index (χ4n) is 20.5. The Morgan fingerprint density at radius 3 is 1.18 bits per heavy atom. The smallest absolute Gasteiger partial charge is 0.423 e. The highest BCUT2D eigenvalue weighted by molar-refractivity contribution is 7.26. The lowest BCUT2D eigenvalue weighted by Crippen LogP contribution is -2.55. The van der Waals surface area contributed by atoms with Crippen molar-refractivity contribution in [3.63, 3.8) is 0 Å². The maximum atomic E-state index is 6.44. The van der Waals surface area contributed by atoms with E-state index < -0.39 is 0 Å². The first-order valence-corrected chi connectivity index (χ1v) is 43.4. The number of pyridine rings is 4. The molecule has 0 bridgehead atoms. The van der Waals surface area contributed by atoms with E-state index in [1.165, 1.54) is 76.0 Å². The summed E-state index contributed by atoms with van der Waals surface area (Å²) < 4.78 is 32.8. The van der Waals surface area contributed by atoms with E-state index in [1.54, 1.807) is 30.1 Å². The Hall–Kier alpha value is -16.0. The zero-order valence-electron chi connectivity index (χ0n) is 66.3. The largest absolute Gasteiger partial charge is 0.461 e. The average molecular weight is 1640 g/mol. The van der Waals surface area contributed by atoms with Crippen molar-refractivity contribution in [3.8, 4) is 44.9 Å². The molecular weight excluding hydrogens is 1580 g/mol. The first-order valence-electron chi connectivity index (χ1n) is 41.7. The molecule has 8 aliphatic rings. The summed E-state index contributed by atoms with van der Waals surface area (Å²) in [5.41, 5.74) is 30.4. The van der Waals surface area contributed by atoms with Crippen LogP contribution in [0.15, 0.2) is 399 Å². The van der Waals surface area contributed by atoms with Crippen LogP contribution in [0.25, 0.3) is 109 Å². The standard InChI is InChI=1S/C27H16BN3O2.2C27H16BN3OS.C21H14BN3O/c1-4-13-24-17(7-1)18-8-5-12-22(26(18)33-24)30-20-10-2-3-11-21(20)31-23-14-16-32-27(23)25-19(28(30)31)9-6-15-29-25;1-4-13-24-17(7-1)18-8-5-12-23(27(18)33-24)31-21-11-3-2-10-20(21)30-22-14-16-32-26(22)25-19(28(30)31)9-6-15-29-25;1-4-10-24-18(6-1)19-16-17(11-12-25(19)32-24)30-21-8-2-3-9-22(21)31-23-13-15-33-27(23)26-20(28(30)31)7-5-14-29-26;1-2-7-15(8-3-1)24-17-10-4-5-11-18(17)25-19-12-14-26-21(19)20-16(22(24)25)9-6-13-23-20/h3*1-16H;1-14H. The van der Waals surface area contributed by atoms with Crippen LogP contribution in [0, 0.1) is 0 Å². The van der Waals surface area contributed by atoms with Crippen molar-refractivity contribution >= 4 is 228 Å². The van der Waals surface area contributed by atoms with E-state index >= 15 is 0 Å². The summed E-state index contributed by atoms with van der Waals surface area (Å²) in [4.78, 5) is 39.3. The number of para-hydroxylation sites is 12. The third-order valence-corrected chi connectivity index (χ3v) is 27.6. The summed E-state index contributed by atoms with van der Waals surface area (Å²) in [6.07, 6.45) is 12.7. The van der Waals surface area contributed by atoms with E-state index in [2.05, 4.69) is 310 Å². The van der Waals surface area contributed by atoms with Gasteiger partial charge in [0.15, 0.2) is 22.9 Å². The molecule has 0 saturated carbocycles. The maximum Gasteiger partial charge on any atom is 0.423 e. The van der Waals surface area contributed by atoms with Gasteiger partial charge in [-0.15, -0.1) is 22.7 Å². The number of hydrogen-bond acceptors (Lipinski definition) is 19. The lowest BCUT2D eigenvalue weighted by Gasteiger charge is -2.34. The van der Waals surface area contributed by atoms with E-state index in [1.807, 2.05) is 103 Å². The van der Waals surface area contributed by atoms with Crippen LogP contribution in [0.5, 0.6) is 0 Å². The van der Waals surface area contributed by atoms with Crippen molar-refractivity contribution in [2.24, 2.45) is 0 Å². The van der Waals surface area contributed by atoms with E-state index in [0.29, 0.717) is 0 Å². The molecule has 22 aromatic rings. The maximum absolute atomic E-state index is 6.44. The molecule has 11 aromatic heterocycles. The number of anilines is 16. The Morgan fingerprint density at radius 1 is 0.248 bits per heavy atom. The second-order valence-corrected chi connectivity index (χ2v) is 33.8. The van der Waals surface area contributed by atoms with Crippen molar-refractivity contribution in [1.82, 2.24) is 19.9 Å². The molecule has 0 radical (unpaired) electrons. The monoisotopic (exact) mass is 1640 g/mol. The second-order valence-electron chi connectivity index (χ2n) is 31.8. The highest BCUT2D eigenvalue weighted by Crippen LogP contribution is 2.58. The number of furan rings is 5. The van der Waals surface area contributed by atoms with Crippen LogP contribution >= 0.6 is 22.7 Å². The first-order chi connectivity index (χ1) is 62.1. The Labute approximate surface area is 724 Å². The van der Waals surface area contributed by atoms with Crippen molar-refractivity contribution in [2.75, 3.05) is 38.5 Å². The molecule has 17 nitrogen and oxygen atoms in total. The van der Waals surface area contributed by atoms with Gasteiger partial charge in [-0.3, -0.25) is 19.9 Å².